The molecule has 0 fully saturated rings. The first-order valence-corrected chi connectivity index (χ1v) is 10.8. The third-order valence-corrected chi connectivity index (χ3v) is 6.19. The third-order valence-electron chi connectivity index (χ3n) is 4.19. The van der Waals surface area contributed by atoms with Crippen molar-refractivity contribution in [1.29, 1.82) is 0 Å². The lowest BCUT2D eigenvalue weighted by Crippen LogP contribution is -2.23. The number of nitrogens with zero attached hydrogens (tertiary/aromatic N) is 1. The summed E-state index contributed by atoms with van der Waals surface area (Å²) in [6.45, 7) is 0.146. The molecule has 6 nitrogen and oxygen atoms in total. The van der Waals surface area contributed by atoms with Crippen molar-refractivity contribution < 1.29 is 13.2 Å². The largest absolute Gasteiger partial charge is 0.348 e. The minimum atomic E-state index is -3.58. The molecule has 0 aliphatic carbocycles. The van der Waals surface area contributed by atoms with Crippen molar-refractivity contribution in [2.24, 2.45) is 0 Å². The van der Waals surface area contributed by atoms with Crippen molar-refractivity contribution in [1.82, 2.24) is 15.0 Å². The number of hydrogen-bond acceptors (Lipinski definition) is 4. The van der Waals surface area contributed by atoms with Crippen LogP contribution < -0.4 is 10.0 Å². The van der Waals surface area contributed by atoms with Gasteiger partial charge >= 0.3 is 0 Å². The van der Waals surface area contributed by atoms with Crippen LogP contribution in [0.15, 0.2) is 65.7 Å². The van der Waals surface area contributed by atoms with Crippen molar-refractivity contribution in [2.45, 2.75) is 11.4 Å². The molecule has 0 aliphatic rings. The van der Waals surface area contributed by atoms with Gasteiger partial charge in [0.15, 0.2) is 0 Å². The molecule has 3 rings (SSSR count). The Balaban J connectivity index is 1.68. The minimum Gasteiger partial charge on any atom is -0.348 e. The van der Waals surface area contributed by atoms with Crippen LogP contribution in [0, 0.1) is 0 Å². The number of nitrogens with one attached hydrogen (secondary N) is 2. The Hall–Kier alpha value is -2.45. The molecule has 0 radical (unpaired) electrons. The van der Waals surface area contributed by atoms with Gasteiger partial charge < -0.3 is 5.32 Å². The molecule has 1 heterocycles. The number of carbonyl (C=O) groups is 1. The molecule has 150 valence electrons. The van der Waals surface area contributed by atoms with Crippen LogP contribution in [0.5, 0.6) is 0 Å². The van der Waals surface area contributed by atoms with E-state index in [0.29, 0.717) is 21.8 Å². The summed E-state index contributed by atoms with van der Waals surface area (Å²) in [5.74, 6) is -0.321. The Bertz CT molecular complexity index is 1150. The fourth-order valence-electron chi connectivity index (χ4n) is 2.58. The zero-order valence-corrected chi connectivity index (χ0v) is 17.6. The van der Waals surface area contributed by atoms with Crippen LogP contribution in [0.3, 0.4) is 0 Å². The maximum Gasteiger partial charge on any atom is 0.253 e. The van der Waals surface area contributed by atoms with Crippen LogP contribution in [0.2, 0.25) is 10.0 Å². The molecule has 0 aliphatic heterocycles. The van der Waals surface area contributed by atoms with Gasteiger partial charge in [0.25, 0.3) is 5.91 Å². The molecule has 3 aromatic rings. The van der Waals surface area contributed by atoms with Crippen molar-refractivity contribution >= 4 is 39.1 Å². The molecule has 0 bridgehead atoms. The zero-order chi connectivity index (χ0) is 21.0. The van der Waals surface area contributed by atoms with Gasteiger partial charge in [0.2, 0.25) is 10.0 Å². The average Bonchev–Trinajstić information content (AvgIpc) is 2.72. The van der Waals surface area contributed by atoms with E-state index in [2.05, 4.69) is 15.0 Å². The van der Waals surface area contributed by atoms with Crippen molar-refractivity contribution in [3.8, 4) is 11.3 Å². The highest BCUT2D eigenvalue weighted by Crippen LogP contribution is 2.22. The number of hydrogen-bond donors (Lipinski definition) is 2. The summed E-state index contributed by atoms with van der Waals surface area (Å²) in [6.07, 6.45) is 1.48. The van der Waals surface area contributed by atoms with E-state index in [1.807, 2.05) is 12.1 Å². The fraction of sp³-hybridized carbons (Fsp3) is 0.100. The number of carbonyl (C=O) groups excluding carboxylic acids is 1. The van der Waals surface area contributed by atoms with E-state index in [9.17, 15) is 13.2 Å². The van der Waals surface area contributed by atoms with Crippen LogP contribution in [0.25, 0.3) is 11.3 Å². The fourth-order valence-corrected chi connectivity index (χ4v) is 3.84. The minimum absolute atomic E-state index is 0.0564. The van der Waals surface area contributed by atoms with E-state index < -0.39 is 10.0 Å². The van der Waals surface area contributed by atoms with Gasteiger partial charge in [0.05, 0.1) is 16.2 Å². The number of aromatic nitrogens is 1. The molecule has 0 saturated heterocycles. The summed E-state index contributed by atoms with van der Waals surface area (Å²) in [6, 6.07) is 15.0. The summed E-state index contributed by atoms with van der Waals surface area (Å²) in [5, 5.41) is 3.60. The summed E-state index contributed by atoms with van der Waals surface area (Å²) in [5.41, 5.74) is 2.54. The number of benzene rings is 2. The quantitative estimate of drug-likeness (QED) is 0.597. The van der Waals surface area contributed by atoms with Gasteiger partial charge in [0.1, 0.15) is 0 Å². The predicted molar refractivity (Wildman–Crippen MR) is 114 cm³/mol. The van der Waals surface area contributed by atoms with Crippen molar-refractivity contribution in [2.75, 3.05) is 7.05 Å². The molecular weight excluding hydrogens is 433 g/mol. The van der Waals surface area contributed by atoms with Gasteiger partial charge in [-0.25, -0.2) is 13.1 Å². The van der Waals surface area contributed by atoms with Crippen LogP contribution in [0.4, 0.5) is 0 Å². The summed E-state index contributed by atoms with van der Waals surface area (Å²) in [4.78, 5) is 16.8. The Morgan fingerprint density at radius 1 is 1.07 bits per heavy atom. The van der Waals surface area contributed by atoms with E-state index in [1.165, 1.54) is 25.4 Å². The highest BCUT2D eigenvalue weighted by atomic mass is 35.5. The zero-order valence-electron chi connectivity index (χ0n) is 15.3. The van der Waals surface area contributed by atoms with Gasteiger partial charge in [-0.3, -0.25) is 9.78 Å². The van der Waals surface area contributed by atoms with E-state index in [4.69, 9.17) is 23.2 Å². The lowest BCUT2D eigenvalue weighted by molar-refractivity contribution is 0.0950. The van der Waals surface area contributed by atoms with E-state index in [1.54, 1.807) is 30.3 Å². The Morgan fingerprint density at radius 3 is 2.48 bits per heavy atom. The van der Waals surface area contributed by atoms with Crippen LogP contribution in [-0.4, -0.2) is 26.4 Å². The van der Waals surface area contributed by atoms with E-state index in [-0.39, 0.29) is 22.4 Å². The monoisotopic (exact) mass is 449 g/mol. The second kappa shape index (κ2) is 8.92. The number of rotatable bonds is 6. The first-order valence-electron chi connectivity index (χ1n) is 8.52. The molecule has 1 aromatic heterocycles. The van der Waals surface area contributed by atoms with Crippen LogP contribution >= 0.6 is 23.2 Å². The molecular formula is C20H17Cl2N3O3S. The predicted octanol–water partition coefficient (Wildman–Crippen LogP) is 3.89. The van der Waals surface area contributed by atoms with Crippen molar-refractivity contribution in [3.05, 3.63) is 82.0 Å². The molecule has 2 N–H and O–H groups in total. The topological polar surface area (TPSA) is 88.2 Å². The second-order valence-electron chi connectivity index (χ2n) is 6.09. The average molecular weight is 450 g/mol. The normalized spacial score (nSPS) is 11.3. The number of amides is 1. The highest BCUT2D eigenvalue weighted by molar-refractivity contribution is 7.89. The smallest absolute Gasteiger partial charge is 0.253 e. The first kappa shape index (κ1) is 21.3. The maximum absolute atomic E-state index is 12.4. The molecule has 9 heteroatoms. The van der Waals surface area contributed by atoms with Gasteiger partial charge in [-0.05, 0) is 49.0 Å². The number of pyridine rings is 1. The lowest BCUT2D eigenvalue weighted by atomic mass is 10.1. The molecule has 29 heavy (non-hydrogen) atoms. The van der Waals surface area contributed by atoms with Gasteiger partial charge in [0, 0.05) is 28.4 Å². The van der Waals surface area contributed by atoms with Gasteiger partial charge in [-0.2, -0.15) is 0 Å². The molecule has 0 spiro atoms. The Labute approximate surface area is 178 Å². The SMILES string of the molecule is CNS(=O)(=O)c1ccc(CNC(=O)c2ccc(-c3cccc(Cl)c3)nc2)c(Cl)c1. The molecule has 0 unspecified atom stereocenters. The van der Waals surface area contributed by atoms with Crippen LogP contribution in [0.1, 0.15) is 15.9 Å². The first-order chi connectivity index (χ1) is 13.8. The standard InChI is InChI=1S/C20H17Cl2N3O3S/c1-23-29(27,28)17-7-5-14(18(22)10-17)11-25-20(26)15-6-8-19(24-12-15)13-3-2-4-16(21)9-13/h2-10,12,23H,11H2,1H3,(H,25,26). The number of halogens is 2. The van der Waals surface area contributed by atoms with E-state index in [0.717, 1.165) is 5.56 Å². The Morgan fingerprint density at radius 2 is 1.86 bits per heavy atom. The molecule has 0 saturated carbocycles. The maximum atomic E-state index is 12.4. The molecule has 0 atom stereocenters. The van der Waals surface area contributed by atoms with Crippen molar-refractivity contribution in [3.63, 3.8) is 0 Å². The summed E-state index contributed by atoms with van der Waals surface area (Å²) >= 11 is 12.1. The summed E-state index contributed by atoms with van der Waals surface area (Å²) in [7, 11) is -2.26. The molecule has 1 amide bonds. The Kier molecular flexibility index (Phi) is 6.54. The lowest BCUT2D eigenvalue weighted by Gasteiger charge is -2.09. The van der Waals surface area contributed by atoms with Crippen LogP contribution in [-0.2, 0) is 16.6 Å². The van der Waals surface area contributed by atoms with Gasteiger partial charge in [-0.15, -0.1) is 0 Å². The summed E-state index contributed by atoms with van der Waals surface area (Å²) < 4.78 is 25.8. The highest BCUT2D eigenvalue weighted by Gasteiger charge is 2.14. The third kappa shape index (κ3) is 5.13. The molecule has 2 aromatic carbocycles. The van der Waals surface area contributed by atoms with E-state index >= 15 is 0 Å². The second-order valence-corrected chi connectivity index (χ2v) is 8.82. The number of sulfonamides is 1. The van der Waals surface area contributed by atoms with Gasteiger partial charge in [-0.1, -0.05) is 41.4 Å².